The predicted octanol–water partition coefficient (Wildman–Crippen LogP) is 3.56. The number of carbonyl (C=O) groups is 3. The average Bonchev–Trinajstić information content (AvgIpc) is 2.55. The van der Waals surface area contributed by atoms with Crippen LogP contribution in [0.3, 0.4) is 0 Å². The summed E-state index contributed by atoms with van der Waals surface area (Å²) in [4.78, 5) is 35.5. The molecule has 0 fully saturated rings. The van der Waals surface area contributed by atoms with E-state index >= 15 is 0 Å². The Morgan fingerprint density at radius 3 is 2.10 bits per heavy atom. The van der Waals surface area contributed by atoms with Crippen molar-refractivity contribution in [2.75, 3.05) is 5.32 Å². The molecular weight excluding hydrogens is 415 g/mol. The van der Waals surface area contributed by atoms with Gasteiger partial charge in [-0.15, -0.1) is 0 Å². The standard InChI is InChI=1S/C18H23ClF3N3O4/c1-8(2)13(16(27)29-14(9(3)4)15(26)25-17(23)28)24-12-6-5-10(7-11(12)19)18(20,21)22/h5-9,13-14,24H,1-4H3,(H3,23,25,26,28)/t13-,14?/m0/s1. The summed E-state index contributed by atoms with van der Waals surface area (Å²) in [7, 11) is 0. The molecule has 29 heavy (non-hydrogen) atoms. The van der Waals surface area contributed by atoms with Crippen molar-refractivity contribution in [1.82, 2.24) is 5.32 Å². The van der Waals surface area contributed by atoms with Gasteiger partial charge in [-0.05, 0) is 30.0 Å². The first-order valence-electron chi connectivity index (χ1n) is 8.68. The zero-order chi connectivity index (χ0) is 22.5. The van der Waals surface area contributed by atoms with E-state index in [2.05, 4.69) is 5.32 Å². The number of benzene rings is 1. The SMILES string of the molecule is CC(C)C(OC(=O)[C@@H](Nc1ccc(C(F)(F)F)cc1Cl)C(C)C)C(=O)NC(N)=O. The minimum absolute atomic E-state index is 0.0954. The summed E-state index contributed by atoms with van der Waals surface area (Å²) in [5.74, 6) is -2.56. The highest BCUT2D eigenvalue weighted by Gasteiger charge is 2.34. The van der Waals surface area contributed by atoms with Gasteiger partial charge in [0, 0.05) is 0 Å². The van der Waals surface area contributed by atoms with Gasteiger partial charge >= 0.3 is 18.2 Å². The van der Waals surface area contributed by atoms with Gasteiger partial charge in [0.05, 0.1) is 16.3 Å². The number of urea groups is 1. The van der Waals surface area contributed by atoms with Crippen LogP contribution in [0.15, 0.2) is 18.2 Å². The Labute approximate surface area is 171 Å². The van der Waals surface area contributed by atoms with Crippen molar-refractivity contribution in [3.63, 3.8) is 0 Å². The van der Waals surface area contributed by atoms with Crippen LogP contribution in [0.4, 0.5) is 23.7 Å². The number of esters is 1. The zero-order valence-corrected chi connectivity index (χ0v) is 17.0. The predicted molar refractivity (Wildman–Crippen MR) is 101 cm³/mol. The molecule has 1 unspecified atom stereocenters. The van der Waals surface area contributed by atoms with Crippen LogP contribution in [-0.2, 0) is 20.5 Å². The molecule has 3 amide bonds. The Balaban J connectivity index is 3.03. The number of rotatable bonds is 7. The maximum absolute atomic E-state index is 12.8. The highest BCUT2D eigenvalue weighted by Crippen LogP contribution is 2.34. The van der Waals surface area contributed by atoms with Gasteiger partial charge < -0.3 is 15.8 Å². The van der Waals surface area contributed by atoms with E-state index in [0.717, 1.165) is 18.2 Å². The number of ether oxygens (including phenoxy) is 1. The topological polar surface area (TPSA) is 111 Å². The third-order valence-corrected chi connectivity index (χ3v) is 4.19. The lowest BCUT2D eigenvalue weighted by atomic mass is 10.0. The van der Waals surface area contributed by atoms with E-state index in [4.69, 9.17) is 22.1 Å². The second-order valence-corrected chi connectivity index (χ2v) is 7.42. The fourth-order valence-corrected chi connectivity index (χ4v) is 2.59. The number of anilines is 1. The molecule has 0 saturated heterocycles. The summed E-state index contributed by atoms with van der Waals surface area (Å²) >= 11 is 5.92. The molecule has 0 aromatic heterocycles. The van der Waals surface area contributed by atoms with E-state index in [-0.39, 0.29) is 16.6 Å². The van der Waals surface area contributed by atoms with Gasteiger partial charge in [0.1, 0.15) is 6.04 Å². The molecule has 0 aliphatic carbocycles. The Kier molecular flexibility index (Phi) is 8.31. The van der Waals surface area contributed by atoms with E-state index < -0.39 is 47.7 Å². The van der Waals surface area contributed by atoms with Crippen LogP contribution in [0.2, 0.25) is 5.02 Å². The first kappa shape index (κ1) is 24.5. The maximum atomic E-state index is 12.8. The van der Waals surface area contributed by atoms with Crippen molar-refractivity contribution < 1.29 is 32.3 Å². The van der Waals surface area contributed by atoms with E-state index in [1.54, 1.807) is 27.7 Å². The molecule has 0 bridgehead atoms. The fourth-order valence-electron chi connectivity index (χ4n) is 2.36. The lowest BCUT2D eigenvalue weighted by molar-refractivity contribution is -0.159. The van der Waals surface area contributed by atoms with Crippen molar-refractivity contribution in [1.29, 1.82) is 0 Å². The molecule has 1 aromatic carbocycles. The summed E-state index contributed by atoms with van der Waals surface area (Å²) < 4.78 is 43.6. The molecule has 162 valence electrons. The van der Waals surface area contributed by atoms with Crippen LogP contribution in [0.5, 0.6) is 0 Å². The van der Waals surface area contributed by atoms with Crippen molar-refractivity contribution in [3.8, 4) is 0 Å². The van der Waals surface area contributed by atoms with Gasteiger partial charge in [0.15, 0.2) is 6.10 Å². The van der Waals surface area contributed by atoms with E-state index in [9.17, 15) is 27.6 Å². The average molecular weight is 438 g/mol. The number of halogens is 4. The number of hydrogen-bond acceptors (Lipinski definition) is 5. The molecule has 0 heterocycles. The van der Waals surface area contributed by atoms with Crippen LogP contribution in [-0.4, -0.2) is 30.1 Å². The van der Waals surface area contributed by atoms with Gasteiger partial charge in [-0.1, -0.05) is 39.3 Å². The largest absolute Gasteiger partial charge is 0.450 e. The van der Waals surface area contributed by atoms with Crippen LogP contribution < -0.4 is 16.4 Å². The normalized spacial score (nSPS) is 13.7. The number of hydrogen-bond donors (Lipinski definition) is 3. The molecular formula is C18H23ClF3N3O4. The summed E-state index contributed by atoms with van der Waals surface area (Å²) in [5, 5.41) is 4.37. The summed E-state index contributed by atoms with van der Waals surface area (Å²) in [6, 6.07) is 0.560. The quantitative estimate of drug-likeness (QED) is 0.565. The Bertz CT molecular complexity index is 769. The van der Waals surface area contributed by atoms with E-state index in [1.807, 2.05) is 5.32 Å². The number of imide groups is 1. The number of primary amides is 1. The maximum Gasteiger partial charge on any atom is 0.416 e. The molecule has 7 nitrogen and oxygen atoms in total. The third-order valence-electron chi connectivity index (χ3n) is 3.88. The van der Waals surface area contributed by atoms with Crippen molar-refractivity contribution in [3.05, 3.63) is 28.8 Å². The molecule has 2 atom stereocenters. The zero-order valence-electron chi connectivity index (χ0n) is 16.3. The second-order valence-electron chi connectivity index (χ2n) is 7.01. The van der Waals surface area contributed by atoms with Crippen LogP contribution in [0, 0.1) is 11.8 Å². The fraction of sp³-hybridized carbons (Fsp3) is 0.500. The van der Waals surface area contributed by atoms with Gasteiger partial charge in [-0.25, -0.2) is 9.59 Å². The minimum Gasteiger partial charge on any atom is -0.450 e. The lowest BCUT2D eigenvalue weighted by Gasteiger charge is -2.26. The van der Waals surface area contributed by atoms with Gasteiger partial charge in [-0.3, -0.25) is 10.1 Å². The molecule has 4 N–H and O–H groups in total. The lowest BCUT2D eigenvalue weighted by Crippen LogP contribution is -2.48. The molecule has 0 aliphatic heterocycles. The molecule has 11 heteroatoms. The van der Waals surface area contributed by atoms with Gasteiger partial charge in [0.2, 0.25) is 0 Å². The minimum atomic E-state index is -4.56. The summed E-state index contributed by atoms with van der Waals surface area (Å²) in [6.07, 6.45) is -5.85. The Morgan fingerprint density at radius 2 is 1.69 bits per heavy atom. The molecule has 0 radical (unpaired) electrons. The first-order chi connectivity index (χ1) is 13.2. The summed E-state index contributed by atoms with van der Waals surface area (Å²) in [5.41, 5.74) is 4.08. The molecule has 0 spiro atoms. The van der Waals surface area contributed by atoms with Gasteiger partial charge in [0.25, 0.3) is 5.91 Å². The van der Waals surface area contributed by atoms with Crippen molar-refractivity contribution >= 4 is 35.2 Å². The molecule has 1 aromatic rings. The Morgan fingerprint density at radius 1 is 1.10 bits per heavy atom. The van der Waals surface area contributed by atoms with Crippen LogP contribution in [0.25, 0.3) is 0 Å². The van der Waals surface area contributed by atoms with Crippen molar-refractivity contribution in [2.45, 2.75) is 46.0 Å². The first-order valence-corrected chi connectivity index (χ1v) is 9.05. The van der Waals surface area contributed by atoms with Crippen molar-refractivity contribution in [2.24, 2.45) is 17.6 Å². The van der Waals surface area contributed by atoms with E-state index in [1.165, 1.54) is 0 Å². The number of carbonyl (C=O) groups excluding carboxylic acids is 3. The number of nitrogens with two attached hydrogens (primary N) is 1. The molecule has 0 aliphatic rings. The third kappa shape index (κ3) is 7.12. The van der Waals surface area contributed by atoms with Crippen LogP contribution in [0.1, 0.15) is 33.3 Å². The molecule has 0 saturated carbocycles. The highest BCUT2D eigenvalue weighted by atomic mass is 35.5. The van der Waals surface area contributed by atoms with E-state index in [0.29, 0.717) is 0 Å². The number of alkyl halides is 3. The van der Waals surface area contributed by atoms with Crippen LogP contribution >= 0.6 is 11.6 Å². The monoisotopic (exact) mass is 437 g/mol. The second kappa shape index (κ2) is 9.82. The smallest absolute Gasteiger partial charge is 0.416 e. The molecule has 1 rings (SSSR count). The number of amides is 3. The number of nitrogens with one attached hydrogen (secondary N) is 2. The Hall–Kier alpha value is -2.49. The highest BCUT2D eigenvalue weighted by molar-refractivity contribution is 6.33. The van der Waals surface area contributed by atoms with Gasteiger partial charge in [-0.2, -0.15) is 13.2 Å². The summed E-state index contributed by atoms with van der Waals surface area (Å²) in [6.45, 7) is 6.54.